The van der Waals surface area contributed by atoms with Crippen LogP contribution in [-0.4, -0.2) is 41.1 Å². The van der Waals surface area contributed by atoms with Crippen LogP contribution in [0.1, 0.15) is 76.8 Å². The van der Waals surface area contributed by atoms with E-state index in [-0.39, 0.29) is 24.9 Å². The number of amides is 2. The lowest BCUT2D eigenvalue weighted by Crippen LogP contribution is -2.46. The van der Waals surface area contributed by atoms with Gasteiger partial charge in [0.2, 0.25) is 5.91 Å². The highest BCUT2D eigenvalue weighted by Gasteiger charge is 2.48. The first-order valence-electron chi connectivity index (χ1n) is 12.5. The number of esters is 1. The van der Waals surface area contributed by atoms with Gasteiger partial charge < -0.3 is 9.47 Å². The summed E-state index contributed by atoms with van der Waals surface area (Å²) in [5.74, 6) is -1.02. The normalized spacial score (nSPS) is 18.1. The number of hydrogen-bond acceptors (Lipinski definition) is 5. The Bertz CT molecular complexity index is 944. The van der Waals surface area contributed by atoms with E-state index in [1.165, 1.54) is 11.1 Å². The van der Waals surface area contributed by atoms with Gasteiger partial charge in [-0.15, -0.1) is 0 Å². The molecule has 1 aliphatic heterocycles. The predicted molar refractivity (Wildman–Crippen MR) is 135 cm³/mol. The average Bonchev–Trinajstić information content (AvgIpc) is 3.15. The minimum absolute atomic E-state index is 0.191. The molecule has 2 atom stereocenters. The monoisotopic (exact) mass is 479 g/mol. The van der Waals surface area contributed by atoms with Gasteiger partial charge in [0.1, 0.15) is 11.6 Å². The van der Waals surface area contributed by atoms with Crippen molar-refractivity contribution in [1.29, 1.82) is 0 Å². The first kappa shape index (κ1) is 26.5. The van der Waals surface area contributed by atoms with Gasteiger partial charge in [-0.3, -0.25) is 4.79 Å². The zero-order valence-corrected chi connectivity index (χ0v) is 21.2. The first-order chi connectivity index (χ1) is 16.7. The van der Waals surface area contributed by atoms with E-state index in [2.05, 4.69) is 48.5 Å². The summed E-state index contributed by atoms with van der Waals surface area (Å²) in [4.78, 5) is 39.4. The zero-order valence-electron chi connectivity index (χ0n) is 21.2. The maximum atomic E-state index is 13.1. The third-order valence-electron chi connectivity index (χ3n) is 6.25. The summed E-state index contributed by atoms with van der Waals surface area (Å²) in [6.45, 7) is 7.10. The fraction of sp³-hybridized carbons (Fsp3) is 0.483. The van der Waals surface area contributed by atoms with E-state index in [4.69, 9.17) is 9.47 Å². The second-order valence-corrected chi connectivity index (χ2v) is 10.0. The predicted octanol–water partition coefficient (Wildman–Crippen LogP) is 6.09. The van der Waals surface area contributed by atoms with Crippen molar-refractivity contribution in [1.82, 2.24) is 4.90 Å². The molecule has 1 heterocycles. The standard InChI is InChI=1S/C29H37NO5/c1-5-34-27(32)25-20-23(26(31)30(25)28(33)35-29(2,3)4)18-12-13-19-24(21-14-8-6-9-15-21)22-16-10-7-11-17-22/h6-11,14-17,23-25H,5,12-13,18-20H2,1-4H3/t23-,25+/m1/s1. The lowest BCUT2D eigenvalue weighted by atomic mass is 9.86. The molecular formula is C29H37NO5. The summed E-state index contributed by atoms with van der Waals surface area (Å²) in [6.07, 6.45) is 2.81. The van der Waals surface area contributed by atoms with Crippen molar-refractivity contribution in [3.63, 3.8) is 0 Å². The molecule has 188 valence electrons. The second kappa shape index (κ2) is 12.0. The maximum Gasteiger partial charge on any atom is 0.417 e. The van der Waals surface area contributed by atoms with E-state index >= 15 is 0 Å². The van der Waals surface area contributed by atoms with Gasteiger partial charge in [-0.25, -0.2) is 14.5 Å². The van der Waals surface area contributed by atoms with Gasteiger partial charge in [0.25, 0.3) is 0 Å². The number of benzene rings is 2. The Morgan fingerprint density at radius 3 is 2.06 bits per heavy atom. The molecule has 2 aromatic carbocycles. The minimum atomic E-state index is -0.927. The second-order valence-electron chi connectivity index (χ2n) is 10.0. The average molecular weight is 480 g/mol. The molecule has 6 heteroatoms. The highest BCUT2D eigenvalue weighted by atomic mass is 16.6. The van der Waals surface area contributed by atoms with Crippen molar-refractivity contribution in [2.75, 3.05) is 6.61 Å². The number of unbranched alkanes of at least 4 members (excludes halogenated alkanes) is 1. The molecule has 6 nitrogen and oxygen atoms in total. The van der Waals surface area contributed by atoms with Crippen LogP contribution in [0.5, 0.6) is 0 Å². The Balaban J connectivity index is 1.64. The molecule has 35 heavy (non-hydrogen) atoms. The van der Waals surface area contributed by atoms with Gasteiger partial charge in [-0.05, 0) is 58.1 Å². The van der Waals surface area contributed by atoms with Crippen molar-refractivity contribution in [2.24, 2.45) is 5.92 Å². The Labute approximate surface area is 208 Å². The number of nitrogens with zero attached hydrogens (tertiary/aromatic N) is 1. The Hall–Kier alpha value is -3.15. The van der Waals surface area contributed by atoms with Crippen LogP contribution in [0.2, 0.25) is 0 Å². The summed E-state index contributed by atoms with van der Waals surface area (Å²) >= 11 is 0. The third kappa shape index (κ3) is 7.17. The SMILES string of the molecule is CCOC(=O)[C@@H]1C[C@@H](CCCCC(c2ccccc2)c2ccccc2)C(=O)N1C(=O)OC(C)(C)C. The lowest BCUT2D eigenvalue weighted by molar-refractivity contribution is -0.151. The molecular weight excluding hydrogens is 442 g/mol. The molecule has 2 amide bonds. The number of carbonyl (C=O) groups excluding carboxylic acids is 3. The highest BCUT2D eigenvalue weighted by molar-refractivity contribution is 6.00. The van der Waals surface area contributed by atoms with Crippen LogP contribution in [0.3, 0.4) is 0 Å². The van der Waals surface area contributed by atoms with Crippen LogP contribution < -0.4 is 0 Å². The molecule has 0 unspecified atom stereocenters. The van der Waals surface area contributed by atoms with Crippen molar-refractivity contribution in [3.05, 3.63) is 71.8 Å². The molecule has 0 N–H and O–H groups in total. The zero-order chi connectivity index (χ0) is 25.4. The number of hydrogen-bond donors (Lipinski definition) is 0. The van der Waals surface area contributed by atoms with Crippen LogP contribution in [0.4, 0.5) is 4.79 Å². The van der Waals surface area contributed by atoms with Crippen molar-refractivity contribution in [3.8, 4) is 0 Å². The van der Waals surface area contributed by atoms with Gasteiger partial charge >= 0.3 is 12.1 Å². The van der Waals surface area contributed by atoms with E-state index in [1.807, 2.05) is 12.1 Å². The minimum Gasteiger partial charge on any atom is -0.464 e. The number of carbonyl (C=O) groups is 3. The summed E-state index contributed by atoms with van der Waals surface area (Å²) in [5.41, 5.74) is 1.78. The molecule has 3 rings (SSSR count). The smallest absolute Gasteiger partial charge is 0.417 e. The van der Waals surface area contributed by atoms with Gasteiger partial charge in [0.05, 0.1) is 6.61 Å². The summed E-state index contributed by atoms with van der Waals surface area (Å²) < 4.78 is 10.6. The highest BCUT2D eigenvalue weighted by Crippen LogP contribution is 2.33. The fourth-order valence-corrected chi connectivity index (χ4v) is 4.67. The molecule has 0 aromatic heterocycles. The quantitative estimate of drug-likeness (QED) is 0.321. The molecule has 1 saturated heterocycles. The molecule has 0 radical (unpaired) electrons. The van der Waals surface area contributed by atoms with Crippen LogP contribution in [-0.2, 0) is 19.1 Å². The fourth-order valence-electron chi connectivity index (χ4n) is 4.67. The summed E-state index contributed by atoms with van der Waals surface area (Å²) in [7, 11) is 0. The van der Waals surface area contributed by atoms with E-state index in [1.54, 1.807) is 27.7 Å². The lowest BCUT2D eigenvalue weighted by Gasteiger charge is -2.26. The van der Waals surface area contributed by atoms with Gasteiger partial charge in [-0.1, -0.05) is 73.5 Å². The summed E-state index contributed by atoms with van der Waals surface area (Å²) in [6, 6.07) is 20.0. The largest absolute Gasteiger partial charge is 0.464 e. The molecule has 1 fully saturated rings. The van der Waals surface area contributed by atoms with Crippen LogP contribution in [0.25, 0.3) is 0 Å². The molecule has 0 spiro atoms. The number of rotatable bonds is 9. The van der Waals surface area contributed by atoms with Crippen LogP contribution in [0, 0.1) is 5.92 Å². The molecule has 0 aliphatic carbocycles. The van der Waals surface area contributed by atoms with Crippen LogP contribution >= 0.6 is 0 Å². The topological polar surface area (TPSA) is 72.9 Å². The van der Waals surface area contributed by atoms with E-state index < -0.39 is 29.6 Å². The van der Waals surface area contributed by atoms with E-state index in [0.717, 1.165) is 24.2 Å². The van der Waals surface area contributed by atoms with Gasteiger partial charge in [-0.2, -0.15) is 0 Å². The molecule has 0 bridgehead atoms. The van der Waals surface area contributed by atoms with Crippen molar-refractivity contribution >= 4 is 18.0 Å². The maximum absolute atomic E-state index is 13.1. The summed E-state index contributed by atoms with van der Waals surface area (Å²) in [5, 5.41) is 0. The Morgan fingerprint density at radius 1 is 0.971 bits per heavy atom. The van der Waals surface area contributed by atoms with Crippen molar-refractivity contribution < 1.29 is 23.9 Å². The Morgan fingerprint density at radius 2 is 1.54 bits per heavy atom. The Kier molecular flexibility index (Phi) is 9.07. The molecule has 1 aliphatic rings. The molecule has 0 saturated carbocycles. The number of likely N-dealkylation sites (tertiary alicyclic amines) is 1. The van der Waals surface area contributed by atoms with E-state index in [9.17, 15) is 14.4 Å². The van der Waals surface area contributed by atoms with Gasteiger partial charge in [0.15, 0.2) is 0 Å². The first-order valence-corrected chi connectivity index (χ1v) is 12.5. The van der Waals surface area contributed by atoms with Crippen LogP contribution in [0.15, 0.2) is 60.7 Å². The van der Waals surface area contributed by atoms with E-state index in [0.29, 0.717) is 6.42 Å². The molecule has 2 aromatic rings. The third-order valence-corrected chi connectivity index (χ3v) is 6.25. The van der Waals surface area contributed by atoms with Gasteiger partial charge in [0, 0.05) is 11.8 Å². The van der Waals surface area contributed by atoms with Crippen molar-refractivity contribution in [2.45, 2.75) is 77.4 Å². The number of imide groups is 1. The number of ether oxygens (including phenoxy) is 2.